The molecule has 0 saturated heterocycles. The summed E-state index contributed by atoms with van der Waals surface area (Å²) < 4.78 is 6.06. The van der Waals surface area contributed by atoms with Gasteiger partial charge in [-0.3, -0.25) is 14.9 Å². The second-order valence-electron chi connectivity index (χ2n) is 6.86. The van der Waals surface area contributed by atoms with Crippen molar-refractivity contribution >= 4 is 5.78 Å². The Morgan fingerprint density at radius 2 is 1.50 bits per heavy atom. The molecule has 1 heterocycles. The van der Waals surface area contributed by atoms with Crippen molar-refractivity contribution in [2.75, 3.05) is 0 Å². The SMILES string of the molecule is O=C(CC1c2ccccc2OC(c2ccccc2)C1[N+](=O)[O-])c1ccccc1. The minimum Gasteiger partial charge on any atom is -0.478 e. The van der Waals surface area contributed by atoms with E-state index in [0.29, 0.717) is 16.9 Å². The summed E-state index contributed by atoms with van der Waals surface area (Å²) in [6.07, 6.45) is -0.695. The van der Waals surface area contributed by atoms with Crippen molar-refractivity contribution in [3.8, 4) is 5.75 Å². The molecule has 3 aromatic rings. The van der Waals surface area contributed by atoms with E-state index >= 15 is 0 Å². The summed E-state index contributed by atoms with van der Waals surface area (Å²) in [6, 6.07) is 24.3. The van der Waals surface area contributed by atoms with Crippen LogP contribution in [0.3, 0.4) is 0 Å². The van der Waals surface area contributed by atoms with E-state index in [0.717, 1.165) is 5.56 Å². The van der Waals surface area contributed by atoms with Gasteiger partial charge in [0.25, 0.3) is 6.04 Å². The fourth-order valence-corrected chi connectivity index (χ4v) is 3.83. The quantitative estimate of drug-likeness (QED) is 0.365. The van der Waals surface area contributed by atoms with Crippen molar-refractivity contribution in [3.05, 3.63) is 112 Å². The topological polar surface area (TPSA) is 69.4 Å². The molecular formula is C23H19NO4. The Kier molecular flexibility index (Phi) is 4.89. The molecule has 140 valence electrons. The van der Waals surface area contributed by atoms with E-state index in [1.54, 1.807) is 30.3 Å². The van der Waals surface area contributed by atoms with Crippen LogP contribution in [0.2, 0.25) is 0 Å². The molecule has 3 unspecified atom stereocenters. The number of ether oxygens (including phenoxy) is 1. The van der Waals surface area contributed by atoms with E-state index in [2.05, 4.69) is 0 Å². The molecule has 0 aromatic heterocycles. The van der Waals surface area contributed by atoms with Crippen molar-refractivity contribution in [2.45, 2.75) is 24.5 Å². The lowest BCUT2D eigenvalue weighted by Crippen LogP contribution is -2.41. The molecule has 0 aliphatic carbocycles. The van der Waals surface area contributed by atoms with Gasteiger partial charge in [0.2, 0.25) is 0 Å². The minimum absolute atomic E-state index is 0.0549. The normalized spacial score (nSPS) is 20.6. The third kappa shape index (κ3) is 3.39. The van der Waals surface area contributed by atoms with Crippen LogP contribution in [0.15, 0.2) is 84.9 Å². The summed E-state index contributed by atoms with van der Waals surface area (Å²) in [5.41, 5.74) is 2.00. The molecule has 3 atom stereocenters. The van der Waals surface area contributed by atoms with E-state index in [4.69, 9.17) is 4.74 Å². The Hall–Kier alpha value is -3.47. The van der Waals surface area contributed by atoms with Crippen molar-refractivity contribution < 1.29 is 14.5 Å². The van der Waals surface area contributed by atoms with Crippen LogP contribution in [0.1, 0.15) is 39.9 Å². The van der Waals surface area contributed by atoms with E-state index in [1.807, 2.05) is 54.6 Å². The first-order valence-corrected chi connectivity index (χ1v) is 9.17. The predicted molar refractivity (Wildman–Crippen MR) is 105 cm³/mol. The zero-order valence-electron chi connectivity index (χ0n) is 15.1. The lowest BCUT2D eigenvalue weighted by Gasteiger charge is -2.34. The van der Waals surface area contributed by atoms with Crippen LogP contribution in [0.4, 0.5) is 0 Å². The molecule has 5 nitrogen and oxygen atoms in total. The Bertz CT molecular complexity index is 988. The Balaban J connectivity index is 1.76. The first kappa shape index (κ1) is 17.9. The van der Waals surface area contributed by atoms with Crippen molar-refractivity contribution in [2.24, 2.45) is 0 Å². The lowest BCUT2D eigenvalue weighted by molar-refractivity contribution is -0.540. The molecule has 0 amide bonds. The molecule has 3 aromatic carbocycles. The minimum atomic E-state index is -1.05. The van der Waals surface area contributed by atoms with E-state index in [1.165, 1.54) is 0 Å². The molecule has 0 saturated carbocycles. The number of carbonyl (C=O) groups is 1. The number of hydrogen-bond acceptors (Lipinski definition) is 4. The number of para-hydroxylation sites is 1. The van der Waals surface area contributed by atoms with Gasteiger partial charge in [-0.2, -0.15) is 0 Å². The number of hydrogen-bond donors (Lipinski definition) is 0. The van der Waals surface area contributed by atoms with Gasteiger partial charge in [0.05, 0.1) is 5.92 Å². The number of benzene rings is 3. The molecule has 0 bridgehead atoms. The second kappa shape index (κ2) is 7.64. The molecule has 0 N–H and O–H groups in total. The number of carbonyl (C=O) groups excluding carboxylic acids is 1. The Labute approximate surface area is 162 Å². The van der Waals surface area contributed by atoms with Crippen LogP contribution in [-0.4, -0.2) is 16.7 Å². The lowest BCUT2D eigenvalue weighted by atomic mass is 9.79. The smallest absolute Gasteiger partial charge is 0.260 e. The molecule has 0 radical (unpaired) electrons. The molecule has 0 spiro atoms. The average molecular weight is 373 g/mol. The molecular weight excluding hydrogens is 354 g/mol. The predicted octanol–water partition coefficient (Wildman–Crippen LogP) is 4.82. The largest absolute Gasteiger partial charge is 0.478 e. The van der Waals surface area contributed by atoms with Gasteiger partial charge in [-0.15, -0.1) is 0 Å². The van der Waals surface area contributed by atoms with Crippen LogP contribution in [0.5, 0.6) is 5.75 Å². The number of rotatable bonds is 5. The highest BCUT2D eigenvalue weighted by Crippen LogP contribution is 2.45. The van der Waals surface area contributed by atoms with Crippen molar-refractivity contribution in [1.29, 1.82) is 0 Å². The number of nitro groups is 1. The maximum Gasteiger partial charge on any atom is 0.260 e. The van der Waals surface area contributed by atoms with Gasteiger partial charge in [-0.1, -0.05) is 78.9 Å². The van der Waals surface area contributed by atoms with Crippen LogP contribution < -0.4 is 4.74 Å². The maximum atomic E-state index is 12.9. The summed E-state index contributed by atoms with van der Waals surface area (Å²) in [4.78, 5) is 24.7. The van der Waals surface area contributed by atoms with Gasteiger partial charge in [-0.05, 0) is 11.6 Å². The zero-order valence-corrected chi connectivity index (χ0v) is 15.1. The fraction of sp³-hybridized carbons (Fsp3) is 0.174. The number of nitrogens with zero attached hydrogens (tertiary/aromatic N) is 1. The second-order valence-corrected chi connectivity index (χ2v) is 6.86. The van der Waals surface area contributed by atoms with E-state index < -0.39 is 18.1 Å². The van der Waals surface area contributed by atoms with Crippen LogP contribution in [-0.2, 0) is 0 Å². The highest BCUT2D eigenvalue weighted by atomic mass is 16.6. The first-order chi connectivity index (χ1) is 13.6. The van der Waals surface area contributed by atoms with Gasteiger partial charge in [0.15, 0.2) is 11.9 Å². The van der Waals surface area contributed by atoms with Crippen LogP contribution in [0, 0.1) is 10.1 Å². The average Bonchev–Trinajstić information content (AvgIpc) is 2.74. The van der Waals surface area contributed by atoms with Gasteiger partial charge in [0, 0.05) is 22.5 Å². The first-order valence-electron chi connectivity index (χ1n) is 9.17. The number of Topliss-reactive ketones (excluding diaryl/α,β-unsaturated/α-hetero) is 1. The number of fused-ring (bicyclic) bond motifs is 1. The molecule has 0 fully saturated rings. The summed E-state index contributed by atoms with van der Waals surface area (Å²) >= 11 is 0. The number of ketones is 1. The van der Waals surface area contributed by atoms with Gasteiger partial charge in [-0.25, -0.2) is 0 Å². The van der Waals surface area contributed by atoms with Gasteiger partial charge < -0.3 is 4.74 Å². The maximum absolute atomic E-state index is 12.9. The monoisotopic (exact) mass is 373 g/mol. The third-order valence-corrected chi connectivity index (χ3v) is 5.17. The molecule has 1 aliphatic rings. The standard InChI is InChI=1S/C23H19NO4/c25-20(16-9-3-1-4-10-16)15-19-18-13-7-8-14-21(18)28-23(22(19)24(26)27)17-11-5-2-6-12-17/h1-14,19,22-23H,15H2. The summed E-state index contributed by atoms with van der Waals surface area (Å²) in [5.74, 6) is -0.0841. The van der Waals surface area contributed by atoms with E-state index in [-0.39, 0.29) is 17.1 Å². The van der Waals surface area contributed by atoms with Crippen LogP contribution >= 0.6 is 0 Å². The van der Waals surface area contributed by atoms with Crippen molar-refractivity contribution in [1.82, 2.24) is 0 Å². The zero-order chi connectivity index (χ0) is 19.5. The highest BCUT2D eigenvalue weighted by Gasteiger charge is 2.47. The van der Waals surface area contributed by atoms with E-state index in [9.17, 15) is 14.9 Å². The summed E-state index contributed by atoms with van der Waals surface area (Å²) in [6.45, 7) is 0. The van der Waals surface area contributed by atoms with Gasteiger partial charge in [0.1, 0.15) is 5.75 Å². The Morgan fingerprint density at radius 3 is 2.18 bits per heavy atom. The van der Waals surface area contributed by atoms with Crippen molar-refractivity contribution in [3.63, 3.8) is 0 Å². The summed E-state index contributed by atoms with van der Waals surface area (Å²) in [7, 11) is 0. The fourth-order valence-electron chi connectivity index (χ4n) is 3.83. The molecule has 1 aliphatic heterocycles. The highest BCUT2D eigenvalue weighted by molar-refractivity contribution is 5.96. The molecule has 4 rings (SSSR count). The summed E-state index contributed by atoms with van der Waals surface area (Å²) in [5, 5.41) is 12.1. The van der Waals surface area contributed by atoms with Gasteiger partial charge >= 0.3 is 0 Å². The Morgan fingerprint density at radius 1 is 0.893 bits per heavy atom. The molecule has 28 heavy (non-hydrogen) atoms. The third-order valence-electron chi connectivity index (χ3n) is 5.17. The molecule has 5 heteroatoms. The van der Waals surface area contributed by atoms with Crippen LogP contribution in [0.25, 0.3) is 0 Å².